The number of hydrogen-bond donors (Lipinski definition) is 3. The lowest BCUT2D eigenvalue weighted by Crippen LogP contribution is -2.25. The number of benzene rings is 2. The predicted octanol–water partition coefficient (Wildman–Crippen LogP) is 3.47. The SMILES string of the molecule is CCCNC(=O)CCC(=O)Nc1ccc2nc(-c3ccccc3)[nH]c2c1. The minimum absolute atomic E-state index is 0.0986. The molecule has 0 unspecified atom stereocenters. The Morgan fingerprint density at radius 1 is 1.04 bits per heavy atom. The van der Waals surface area contributed by atoms with Crippen molar-refractivity contribution in [2.45, 2.75) is 26.2 Å². The third-order valence-electron chi connectivity index (χ3n) is 3.96. The van der Waals surface area contributed by atoms with Gasteiger partial charge in [-0.2, -0.15) is 0 Å². The molecule has 0 spiro atoms. The Hall–Kier alpha value is -3.15. The van der Waals surface area contributed by atoms with E-state index in [1.807, 2.05) is 55.5 Å². The van der Waals surface area contributed by atoms with E-state index in [4.69, 9.17) is 0 Å². The zero-order valence-corrected chi connectivity index (χ0v) is 14.7. The van der Waals surface area contributed by atoms with E-state index in [0.717, 1.165) is 28.8 Å². The van der Waals surface area contributed by atoms with Gasteiger partial charge in [0.15, 0.2) is 0 Å². The first-order valence-electron chi connectivity index (χ1n) is 8.77. The van der Waals surface area contributed by atoms with Gasteiger partial charge in [0, 0.05) is 30.6 Å². The number of fused-ring (bicyclic) bond motifs is 1. The number of nitrogens with one attached hydrogen (secondary N) is 3. The number of nitrogens with zero attached hydrogens (tertiary/aromatic N) is 1. The standard InChI is InChI=1S/C20H22N4O2/c1-2-12-21-18(25)10-11-19(26)22-15-8-9-16-17(13-15)24-20(23-16)14-6-4-3-5-7-14/h3-9,13H,2,10-12H2,1H3,(H,21,25)(H,22,26)(H,23,24). The molecule has 0 aliphatic heterocycles. The van der Waals surface area contributed by atoms with Crippen LogP contribution in [0, 0.1) is 0 Å². The van der Waals surface area contributed by atoms with Crippen molar-refractivity contribution in [3.63, 3.8) is 0 Å². The van der Waals surface area contributed by atoms with Gasteiger partial charge in [0.2, 0.25) is 11.8 Å². The first-order valence-corrected chi connectivity index (χ1v) is 8.77. The molecule has 6 heteroatoms. The van der Waals surface area contributed by atoms with Crippen molar-refractivity contribution in [3.05, 3.63) is 48.5 Å². The number of carbonyl (C=O) groups is 2. The minimum atomic E-state index is -0.182. The Kier molecular flexibility index (Phi) is 5.63. The molecule has 3 rings (SSSR count). The zero-order chi connectivity index (χ0) is 18.4. The summed E-state index contributed by atoms with van der Waals surface area (Å²) in [4.78, 5) is 31.4. The molecule has 3 N–H and O–H groups in total. The van der Waals surface area contributed by atoms with Gasteiger partial charge in [-0.15, -0.1) is 0 Å². The fourth-order valence-electron chi connectivity index (χ4n) is 2.62. The molecule has 6 nitrogen and oxygen atoms in total. The van der Waals surface area contributed by atoms with Gasteiger partial charge in [-0.05, 0) is 24.6 Å². The lowest BCUT2D eigenvalue weighted by molar-refractivity contribution is -0.124. The lowest BCUT2D eigenvalue weighted by Gasteiger charge is -2.06. The third kappa shape index (κ3) is 4.47. The highest BCUT2D eigenvalue weighted by Gasteiger charge is 2.09. The van der Waals surface area contributed by atoms with Crippen LogP contribution in [-0.2, 0) is 9.59 Å². The number of carbonyl (C=O) groups excluding carboxylic acids is 2. The first kappa shape index (κ1) is 17.7. The Morgan fingerprint density at radius 3 is 2.58 bits per heavy atom. The molecule has 0 aliphatic carbocycles. The van der Waals surface area contributed by atoms with Gasteiger partial charge in [0.1, 0.15) is 5.82 Å². The Balaban J connectivity index is 1.64. The van der Waals surface area contributed by atoms with Crippen molar-refractivity contribution in [2.24, 2.45) is 0 Å². The van der Waals surface area contributed by atoms with E-state index in [0.29, 0.717) is 12.2 Å². The zero-order valence-electron chi connectivity index (χ0n) is 14.7. The van der Waals surface area contributed by atoms with E-state index in [9.17, 15) is 9.59 Å². The molecule has 3 aromatic rings. The average Bonchev–Trinajstić information content (AvgIpc) is 3.09. The van der Waals surface area contributed by atoms with Crippen LogP contribution in [0.1, 0.15) is 26.2 Å². The number of imidazole rings is 1. The topological polar surface area (TPSA) is 86.9 Å². The summed E-state index contributed by atoms with van der Waals surface area (Å²) in [5.74, 6) is 0.508. The largest absolute Gasteiger partial charge is 0.356 e. The van der Waals surface area contributed by atoms with Crippen molar-refractivity contribution in [1.29, 1.82) is 0 Å². The molecule has 0 radical (unpaired) electrons. The highest BCUT2D eigenvalue weighted by atomic mass is 16.2. The minimum Gasteiger partial charge on any atom is -0.356 e. The summed E-state index contributed by atoms with van der Waals surface area (Å²) in [6, 6.07) is 15.4. The molecular formula is C20H22N4O2. The molecule has 0 aliphatic rings. The highest BCUT2D eigenvalue weighted by molar-refractivity contribution is 5.95. The van der Waals surface area contributed by atoms with Gasteiger partial charge in [0.25, 0.3) is 0 Å². The van der Waals surface area contributed by atoms with E-state index in [-0.39, 0.29) is 24.7 Å². The molecular weight excluding hydrogens is 328 g/mol. The highest BCUT2D eigenvalue weighted by Crippen LogP contribution is 2.22. The molecule has 0 bridgehead atoms. The van der Waals surface area contributed by atoms with Crippen LogP contribution < -0.4 is 10.6 Å². The van der Waals surface area contributed by atoms with Gasteiger partial charge >= 0.3 is 0 Å². The molecule has 2 amide bonds. The van der Waals surface area contributed by atoms with E-state index >= 15 is 0 Å². The van der Waals surface area contributed by atoms with Gasteiger partial charge in [0.05, 0.1) is 11.0 Å². The smallest absolute Gasteiger partial charge is 0.224 e. The second kappa shape index (κ2) is 8.29. The summed E-state index contributed by atoms with van der Waals surface area (Å²) < 4.78 is 0. The van der Waals surface area contributed by atoms with Gasteiger partial charge in [-0.1, -0.05) is 37.3 Å². The molecule has 26 heavy (non-hydrogen) atoms. The van der Waals surface area contributed by atoms with Crippen LogP contribution in [0.25, 0.3) is 22.4 Å². The predicted molar refractivity (Wildman–Crippen MR) is 103 cm³/mol. The van der Waals surface area contributed by atoms with Crippen LogP contribution >= 0.6 is 0 Å². The monoisotopic (exact) mass is 350 g/mol. The number of aromatic nitrogens is 2. The maximum Gasteiger partial charge on any atom is 0.224 e. The van der Waals surface area contributed by atoms with E-state index in [1.54, 1.807) is 0 Å². The summed E-state index contributed by atoms with van der Waals surface area (Å²) in [6.07, 6.45) is 1.23. The Morgan fingerprint density at radius 2 is 1.81 bits per heavy atom. The van der Waals surface area contributed by atoms with Crippen LogP contribution in [0.4, 0.5) is 5.69 Å². The molecule has 1 heterocycles. The van der Waals surface area contributed by atoms with Crippen molar-refractivity contribution in [1.82, 2.24) is 15.3 Å². The normalized spacial score (nSPS) is 10.7. The first-order chi connectivity index (χ1) is 12.7. The summed E-state index contributed by atoms with van der Waals surface area (Å²) in [7, 11) is 0. The molecule has 0 fully saturated rings. The van der Waals surface area contributed by atoms with Crippen LogP contribution in [0.2, 0.25) is 0 Å². The average molecular weight is 350 g/mol. The second-order valence-corrected chi connectivity index (χ2v) is 6.08. The second-order valence-electron chi connectivity index (χ2n) is 6.08. The van der Waals surface area contributed by atoms with E-state index < -0.39 is 0 Å². The Labute approximate surface area is 152 Å². The van der Waals surface area contributed by atoms with Crippen molar-refractivity contribution in [2.75, 3.05) is 11.9 Å². The van der Waals surface area contributed by atoms with Gasteiger partial charge in [-0.3, -0.25) is 9.59 Å². The summed E-state index contributed by atoms with van der Waals surface area (Å²) in [5.41, 5.74) is 3.37. The van der Waals surface area contributed by atoms with Crippen LogP contribution in [0.15, 0.2) is 48.5 Å². The van der Waals surface area contributed by atoms with E-state index in [2.05, 4.69) is 20.6 Å². The molecule has 1 aromatic heterocycles. The van der Waals surface area contributed by atoms with Gasteiger partial charge in [-0.25, -0.2) is 4.98 Å². The third-order valence-corrected chi connectivity index (χ3v) is 3.96. The fourth-order valence-corrected chi connectivity index (χ4v) is 2.62. The molecule has 2 aromatic carbocycles. The summed E-state index contributed by atoms with van der Waals surface area (Å²) >= 11 is 0. The number of aromatic amines is 1. The Bertz CT molecular complexity index is 903. The number of rotatable bonds is 7. The van der Waals surface area contributed by atoms with Crippen molar-refractivity contribution in [3.8, 4) is 11.4 Å². The molecule has 0 saturated heterocycles. The van der Waals surface area contributed by atoms with Crippen LogP contribution in [-0.4, -0.2) is 28.3 Å². The number of hydrogen-bond acceptors (Lipinski definition) is 3. The molecule has 134 valence electrons. The summed E-state index contributed by atoms with van der Waals surface area (Å²) in [6.45, 7) is 2.63. The maximum absolute atomic E-state index is 12.0. The quantitative estimate of drug-likeness (QED) is 0.610. The number of amides is 2. The van der Waals surface area contributed by atoms with Crippen LogP contribution in [0.3, 0.4) is 0 Å². The van der Waals surface area contributed by atoms with Crippen LogP contribution in [0.5, 0.6) is 0 Å². The summed E-state index contributed by atoms with van der Waals surface area (Å²) in [5, 5.41) is 5.59. The molecule has 0 saturated carbocycles. The van der Waals surface area contributed by atoms with E-state index in [1.165, 1.54) is 0 Å². The maximum atomic E-state index is 12.0. The van der Waals surface area contributed by atoms with Crippen molar-refractivity contribution >= 4 is 28.5 Å². The number of H-pyrrole nitrogens is 1. The lowest BCUT2D eigenvalue weighted by atomic mass is 10.2. The van der Waals surface area contributed by atoms with Crippen molar-refractivity contribution < 1.29 is 9.59 Å². The fraction of sp³-hybridized carbons (Fsp3) is 0.250. The molecule has 0 atom stereocenters. The number of anilines is 1. The van der Waals surface area contributed by atoms with Gasteiger partial charge < -0.3 is 15.6 Å².